The largest absolute Gasteiger partial charge is 0.322 e. The van der Waals surface area contributed by atoms with Gasteiger partial charge in [-0.2, -0.15) is 0 Å². The standard InChI is InChI=1S/C28H23ClF2N4O3/c29-21-10-32-24(9-18(21)11-34-12-19(13-34)15-2-4-22(30)23(31)8-15)16-1-3-20-17(7-16)14-35(28(20)38)25-5-6-26(36)33-27(25)37/h1-4,7-10,19,25H,5-6,11-14H2,(H,33,36,37). The van der Waals surface area contributed by atoms with E-state index in [0.717, 1.165) is 28.3 Å². The molecule has 1 aromatic heterocycles. The van der Waals surface area contributed by atoms with Crippen molar-refractivity contribution in [1.82, 2.24) is 20.1 Å². The summed E-state index contributed by atoms with van der Waals surface area (Å²) in [6.45, 7) is 2.28. The average molecular weight is 537 g/mol. The van der Waals surface area contributed by atoms with Crippen LogP contribution < -0.4 is 5.32 Å². The van der Waals surface area contributed by atoms with E-state index in [9.17, 15) is 23.2 Å². The van der Waals surface area contributed by atoms with Crippen molar-refractivity contribution >= 4 is 29.3 Å². The molecule has 0 radical (unpaired) electrons. The van der Waals surface area contributed by atoms with E-state index >= 15 is 0 Å². The van der Waals surface area contributed by atoms with Gasteiger partial charge in [-0.25, -0.2) is 8.78 Å². The van der Waals surface area contributed by atoms with Crippen molar-refractivity contribution in [1.29, 1.82) is 0 Å². The van der Waals surface area contributed by atoms with Crippen LogP contribution in [0.1, 0.15) is 45.8 Å². The summed E-state index contributed by atoms with van der Waals surface area (Å²) in [5.74, 6) is -2.53. The van der Waals surface area contributed by atoms with Crippen LogP contribution in [0.5, 0.6) is 0 Å². The Balaban J connectivity index is 1.16. The first-order valence-electron chi connectivity index (χ1n) is 12.4. The first-order chi connectivity index (χ1) is 18.3. The number of carbonyl (C=O) groups is 3. The van der Waals surface area contributed by atoms with Crippen molar-refractivity contribution in [2.24, 2.45) is 0 Å². The molecule has 0 bridgehead atoms. The third-order valence-electron chi connectivity index (χ3n) is 7.52. The smallest absolute Gasteiger partial charge is 0.255 e. The molecule has 3 amide bonds. The highest BCUT2D eigenvalue weighted by molar-refractivity contribution is 6.31. The Bertz CT molecular complexity index is 1490. The molecule has 3 aliphatic rings. The highest BCUT2D eigenvalue weighted by Crippen LogP contribution is 2.34. The number of benzene rings is 2. The predicted molar refractivity (Wildman–Crippen MR) is 135 cm³/mol. The van der Waals surface area contributed by atoms with E-state index in [2.05, 4.69) is 15.2 Å². The third kappa shape index (κ3) is 4.46. The quantitative estimate of drug-likeness (QED) is 0.498. The number of likely N-dealkylation sites (tertiary alicyclic amines) is 1. The van der Waals surface area contributed by atoms with Crippen LogP contribution in [0, 0.1) is 11.6 Å². The number of halogens is 3. The summed E-state index contributed by atoms with van der Waals surface area (Å²) in [4.78, 5) is 45.0. The van der Waals surface area contributed by atoms with E-state index < -0.39 is 23.6 Å². The Labute approximate surface area is 222 Å². The second-order valence-corrected chi connectivity index (χ2v) is 10.4. The van der Waals surface area contributed by atoms with Crippen molar-refractivity contribution in [3.8, 4) is 11.3 Å². The number of aromatic nitrogens is 1. The number of fused-ring (bicyclic) bond motifs is 1. The maximum atomic E-state index is 13.6. The zero-order valence-corrected chi connectivity index (χ0v) is 21.0. The minimum atomic E-state index is -0.847. The van der Waals surface area contributed by atoms with Crippen molar-refractivity contribution in [2.45, 2.75) is 37.9 Å². The number of pyridine rings is 1. The molecule has 1 atom stereocenters. The van der Waals surface area contributed by atoms with Crippen molar-refractivity contribution < 1.29 is 23.2 Å². The Morgan fingerprint density at radius 1 is 1.03 bits per heavy atom. The zero-order valence-electron chi connectivity index (χ0n) is 20.2. The molecule has 10 heteroatoms. The molecule has 1 unspecified atom stereocenters. The first kappa shape index (κ1) is 24.6. The number of amides is 3. The van der Waals surface area contributed by atoms with Gasteiger partial charge in [0.15, 0.2) is 11.6 Å². The molecule has 2 fully saturated rings. The van der Waals surface area contributed by atoms with Crippen LogP contribution in [0.3, 0.4) is 0 Å². The van der Waals surface area contributed by atoms with E-state index in [1.807, 2.05) is 18.2 Å². The van der Waals surface area contributed by atoms with Crippen LogP contribution in [0.4, 0.5) is 8.78 Å². The van der Waals surface area contributed by atoms with Gasteiger partial charge in [0.05, 0.1) is 10.7 Å². The predicted octanol–water partition coefficient (Wildman–Crippen LogP) is 4.04. The fourth-order valence-electron chi connectivity index (χ4n) is 5.41. The third-order valence-corrected chi connectivity index (χ3v) is 7.86. The lowest BCUT2D eigenvalue weighted by Crippen LogP contribution is -2.52. The Morgan fingerprint density at radius 2 is 1.84 bits per heavy atom. The summed E-state index contributed by atoms with van der Waals surface area (Å²) in [6, 6.07) is 10.8. The maximum Gasteiger partial charge on any atom is 0.255 e. The Hall–Kier alpha value is -3.69. The maximum absolute atomic E-state index is 13.6. The van der Waals surface area contributed by atoms with Crippen LogP contribution in [-0.2, 0) is 22.7 Å². The van der Waals surface area contributed by atoms with E-state index in [1.54, 1.807) is 18.3 Å². The lowest BCUT2D eigenvalue weighted by atomic mass is 9.91. The number of nitrogens with one attached hydrogen (secondary N) is 1. The first-order valence-corrected chi connectivity index (χ1v) is 12.7. The molecule has 3 aliphatic heterocycles. The molecule has 194 valence electrons. The number of rotatable bonds is 5. The fourth-order valence-corrected chi connectivity index (χ4v) is 5.57. The van der Waals surface area contributed by atoms with Gasteiger partial charge in [-0.05, 0) is 53.4 Å². The van der Waals surface area contributed by atoms with Gasteiger partial charge in [-0.3, -0.25) is 29.6 Å². The summed E-state index contributed by atoms with van der Waals surface area (Å²) in [6.07, 6.45) is 2.12. The molecular weight excluding hydrogens is 514 g/mol. The van der Waals surface area contributed by atoms with Gasteiger partial charge in [0.1, 0.15) is 6.04 Å². The topological polar surface area (TPSA) is 82.6 Å². The molecule has 3 aromatic rings. The number of nitrogens with zero attached hydrogens (tertiary/aromatic N) is 3. The molecule has 38 heavy (non-hydrogen) atoms. The van der Waals surface area contributed by atoms with E-state index in [4.69, 9.17) is 11.6 Å². The molecular formula is C28H23ClF2N4O3. The van der Waals surface area contributed by atoms with Gasteiger partial charge in [0, 0.05) is 55.8 Å². The number of piperidine rings is 1. The van der Waals surface area contributed by atoms with E-state index in [0.29, 0.717) is 42.3 Å². The van der Waals surface area contributed by atoms with Crippen molar-refractivity contribution in [3.05, 3.63) is 87.6 Å². The zero-order chi connectivity index (χ0) is 26.6. The minimum absolute atomic E-state index is 0.131. The molecule has 1 N–H and O–H groups in total. The second-order valence-electron chi connectivity index (χ2n) is 10.00. The highest BCUT2D eigenvalue weighted by atomic mass is 35.5. The van der Waals surface area contributed by atoms with Gasteiger partial charge >= 0.3 is 0 Å². The number of hydrogen-bond donors (Lipinski definition) is 1. The minimum Gasteiger partial charge on any atom is -0.322 e. The lowest BCUT2D eigenvalue weighted by Gasteiger charge is -2.39. The molecule has 0 aliphatic carbocycles. The van der Waals surface area contributed by atoms with Crippen LogP contribution in [0.25, 0.3) is 11.3 Å². The molecule has 2 saturated heterocycles. The molecule has 4 heterocycles. The van der Waals surface area contributed by atoms with E-state index in [1.165, 1.54) is 11.0 Å². The van der Waals surface area contributed by atoms with Crippen LogP contribution in [0.15, 0.2) is 48.7 Å². The Kier molecular flexibility index (Phi) is 6.20. The molecule has 0 spiro atoms. The summed E-state index contributed by atoms with van der Waals surface area (Å²) < 4.78 is 26.8. The van der Waals surface area contributed by atoms with E-state index in [-0.39, 0.29) is 30.7 Å². The number of hydrogen-bond acceptors (Lipinski definition) is 5. The Morgan fingerprint density at radius 3 is 2.61 bits per heavy atom. The summed E-state index contributed by atoms with van der Waals surface area (Å²) in [7, 11) is 0. The summed E-state index contributed by atoms with van der Waals surface area (Å²) >= 11 is 6.45. The van der Waals surface area contributed by atoms with Gasteiger partial charge in [-0.1, -0.05) is 23.7 Å². The van der Waals surface area contributed by atoms with Crippen molar-refractivity contribution in [2.75, 3.05) is 13.1 Å². The lowest BCUT2D eigenvalue weighted by molar-refractivity contribution is -0.136. The summed E-state index contributed by atoms with van der Waals surface area (Å²) in [5.41, 5.74) is 4.53. The normalized spacial score (nSPS) is 19.9. The van der Waals surface area contributed by atoms with Crippen LogP contribution in [0.2, 0.25) is 5.02 Å². The van der Waals surface area contributed by atoms with Crippen LogP contribution in [-0.4, -0.2) is 51.6 Å². The number of imide groups is 1. The monoisotopic (exact) mass is 536 g/mol. The molecule has 0 saturated carbocycles. The van der Waals surface area contributed by atoms with Gasteiger partial charge in [0.2, 0.25) is 11.8 Å². The van der Waals surface area contributed by atoms with Crippen LogP contribution >= 0.6 is 11.6 Å². The van der Waals surface area contributed by atoms with Gasteiger partial charge < -0.3 is 4.90 Å². The number of carbonyl (C=O) groups excluding carboxylic acids is 3. The second kappa shape index (κ2) is 9.56. The van der Waals surface area contributed by atoms with Gasteiger partial charge in [-0.15, -0.1) is 0 Å². The average Bonchev–Trinajstić information content (AvgIpc) is 3.19. The summed E-state index contributed by atoms with van der Waals surface area (Å²) in [5, 5.41) is 2.85. The van der Waals surface area contributed by atoms with Gasteiger partial charge in [0.25, 0.3) is 5.91 Å². The fraction of sp³-hybridized carbons (Fsp3) is 0.286. The van der Waals surface area contributed by atoms with Crippen molar-refractivity contribution in [3.63, 3.8) is 0 Å². The molecule has 2 aromatic carbocycles. The molecule has 6 rings (SSSR count). The highest BCUT2D eigenvalue weighted by Gasteiger charge is 2.39. The SMILES string of the molecule is O=C1CCC(N2Cc3cc(-c4cc(CN5CC(c6ccc(F)c(F)c6)C5)c(Cl)cn4)ccc3C2=O)C(=O)N1. The molecule has 7 nitrogen and oxygen atoms in total.